The van der Waals surface area contributed by atoms with Crippen LogP contribution in [0.15, 0.2) is 47.8 Å². The van der Waals surface area contributed by atoms with Gasteiger partial charge >= 0.3 is 0 Å². The number of carbonyl (C=O) groups excluding carboxylic acids is 2. The number of amides is 2. The number of likely N-dealkylation sites (tertiary alicyclic amines) is 1. The maximum absolute atomic E-state index is 13.8. The van der Waals surface area contributed by atoms with E-state index in [4.69, 9.17) is 21.1 Å². The zero-order chi connectivity index (χ0) is 30.8. The molecule has 2 amide bonds. The van der Waals surface area contributed by atoms with E-state index in [1.54, 1.807) is 23.5 Å². The van der Waals surface area contributed by atoms with E-state index in [0.717, 1.165) is 53.9 Å². The van der Waals surface area contributed by atoms with Crippen molar-refractivity contribution in [1.29, 1.82) is 0 Å². The number of hydrogen-bond acceptors (Lipinski definition) is 6. The minimum absolute atomic E-state index is 0.0507. The van der Waals surface area contributed by atoms with Gasteiger partial charge in [-0.1, -0.05) is 42.8 Å². The van der Waals surface area contributed by atoms with Crippen LogP contribution < -0.4 is 5.32 Å². The molecule has 3 aliphatic rings. The summed E-state index contributed by atoms with van der Waals surface area (Å²) in [6, 6.07) is 13.7. The average Bonchev–Trinajstić information content (AvgIpc) is 3.63. The second kappa shape index (κ2) is 13.9. The molecule has 7 nitrogen and oxygen atoms in total. The normalized spacial score (nSPS) is 28.0. The number of anilines is 1. The number of carbonyl (C=O) groups is 2. The molecular formula is C35H44ClN3O4S. The van der Waals surface area contributed by atoms with Crippen molar-refractivity contribution in [3.63, 3.8) is 0 Å². The monoisotopic (exact) mass is 637 g/mol. The summed E-state index contributed by atoms with van der Waals surface area (Å²) in [5, 5.41) is 6.18. The van der Waals surface area contributed by atoms with Crippen molar-refractivity contribution in [2.24, 2.45) is 5.92 Å². The van der Waals surface area contributed by atoms with Gasteiger partial charge in [0.25, 0.3) is 5.91 Å². The lowest BCUT2D eigenvalue weighted by atomic mass is 9.89. The van der Waals surface area contributed by atoms with Crippen LogP contribution in [0.4, 0.5) is 5.69 Å². The summed E-state index contributed by atoms with van der Waals surface area (Å²) in [4.78, 5) is 31.5. The number of benzene rings is 2. The minimum atomic E-state index is -0.196. The van der Waals surface area contributed by atoms with Gasteiger partial charge < -0.3 is 19.7 Å². The molecule has 1 N–H and O–H groups in total. The largest absolute Gasteiger partial charge is 0.376 e. The van der Waals surface area contributed by atoms with Crippen LogP contribution in [0.1, 0.15) is 68.8 Å². The predicted molar refractivity (Wildman–Crippen MR) is 178 cm³/mol. The number of rotatable bonds is 8. The van der Waals surface area contributed by atoms with Crippen molar-refractivity contribution in [2.75, 3.05) is 31.6 Å². The highest BCUT2D eigenvalue weighted by Crippen LogP contribution is 2.31. The summed E-state index contributed by atoms with van der Waals surface area (Å²) in [7, 11) is 0. The van der Waals surface area contributed by atoms with Gasteiger partial charge in [0.15, 0.2) is 0 Å². The molecule has 4 atom stereocenters. The Bertz CT molecular complexity index is 1460. The molecule has 9 heteroatoms. The molecule has 44 heavy (non-hydrogen) atoms. The van der Waals surface area contributed by atoms with E-state index in [9.17, 15) is 9.59 Å². The van der Waals surface area contributed by atoms with Crippen molar-refractivity contribution in [1.82, 2.24) is 9.80 Å². The summed E-state index contributed by atoms with van der Waals surface area (Å²) < 4.78 is 13.5. The standard InChI is InChI=1S/C35H44ClN3O4S/c1-22-8-11-28(12-9-22)42-20-27-16-26(38-17-23(2)43-24(3)18-38)19-39(27)34(40)15-25-10-13-32(31(36)14-25)37-35(41)30-21-44-33-7-5-4-6-29(30)33/h4-7,10,13-14,21-24,26-28H,8-9,11-12,15-20H2,1-3H3,(H,37,41)/t22?,23-,24+,26-,27-,28?/m0/s1. The van der Waals surface area contributed by atoms with Gasteiger partial charge in [-0.2, -0.15) is 0 Å². The predicted octanol–water partition coefficient (Wildman–Crippen LogP) is 7.02. The number of hydrogen-bond donors (Lipinski definition) is 1. The zero-order valence-corrected chi connectivity index (χ0v) is 27.5. The number of morpholine rings is 1. The smallest absolute Gasteiger partial charge is 0.257 e. The van der Waals surface area contributed by atoms with Crippen molar-refractivity contribution >= 4 is 50.5 Å². The topological polar surface area (TPSA) is 71.1 Å². The van der Waals surface area contributed by atoms with E-state index < -0.39 is 0 Å². The fourth-order valence-electron chi connectivity index (χ4n) is 7.17. The number of ether oxygens (including phenoxy) is 2. The van der Waals surface area contributed by atoms with E-state index in [-0.39, 0.29) is 36.5 Å². The highest BCUT2D eigenvalue weighted by Gasteiger charge is 2.40. The van der Waals surface area contributed by atoms with Gasteiger partial charge in [0.1, 0.15) is 0 Å². The Kier molecular flexibility index (Phi) is 9.93. The van der Waals surface area contributed by atoms with Gasteiger partial charge in [-0.25, -0.2) is 0 Å². The molecular weight excluding hydrogens is 594 g/mol. The first kappa shape index (κ1) is 31.5. The van der Waals surface area contributed by atoms with Crippen LogP contribution in [0.25, 0.3) is 10.1 Å². The summed E-state index contributed by atoms with van der Waals surface area (Å²) in [6.07, 6.45) is 6.46. The Morgan fingerprint density at radius 3 is 2.52 bits per heavy atom. The van der Waals surface area contributed by atoms with Crippen molar-refractivity contribution in [3.8, 4) is 0 Å². The quantitative estimate of drug-likeness (QED) is 0.287. The number of fused-ring (bicyclic) bond motifs is 1. The lowest BCUT2D eigenvalue weighted by molar-refractivity contribution is -0.133. The van der Waals surface area contributed by atoms with Crippen LogP contribution in [-0.4, -0.2) is 78.3 Å². The number of nitrogens with one attached hydrogen (secondary N) is 1. The molecule has 3 heterocycles. The summed E-state index contributed by atoms with van der Waals surface area (Å²) in [5.74, 6) is 0.666. The first-order valence-electron chi connectivity index (χ1n) is 16.1. The SMILES string of the molecule is CC1CCC(OC[C@@H]2C[C@H](N3C[C@@H](C)O[C@@H](C)C3)CN2C(=O)Cc2ccc(NC(=O)c3csc4ccccc34)c(Cl)c2)CC1. The fraction of sp³-hybridized carbons (Fsp3) is 0.543. The lowest BCUT2D eigenvalue weighted by Crippen LogP contribution is -2.51. The van der Waals surface area contributed by atoms with E-state index in [0.29, 0.717) is 41.6 Å². The Morgan fingerprint density at radius 1 is 1.02 bits per heavy atom. The highest BCUT2D eigenvalue weighted by atomic mass is 35.5. The second-order valence-corrected chi connectivity index (χ2v) is 14.4. The maximum atomic E-state index is 13.8. The molecule has 2 saturated heterocycles. The van der Waals surface area contributed by atoms with E-state index in [1.807, 2.05) is 40.6 Å². The second-order valence-electron chi connectivity index (χ2n) is 13.1. The van der Waals surface area contributed by atoms with E-state index in [2.05, 4.69) is 31.0 Å². The van der Waals surface area contributed by atoms with Crippen molar-refractivity contribution < 1.29 is 19.1 Å². The minimum Gasteiger partial charge on any atom is -0.376 e. The van der Waals surface area contributed by atoms with Crippen LogP contribution in [0.3, 0.4) is 0 Å². The third-order valence-electron chi connectivity index (χ3n) is 9.53. The van der Waals surface area contributed by atoms with Crippen LogP contribution in [0.2, 0.25) is 5.02 Å². The summed E-state index contributed by atoms with van der Waals surface area (Å²) in [5.41, 5.74) is 1.99. The van der Waals surface area contributed by atoms with Crippen LogP contribution >= 0.6 is 22.9 Å². The molecule has 0 spiro atoms. The first-order chi connectivity index (χ1) is 21.2. The third kappa shape index (κ3) is 7.31. The Balaban J connectivity index is 1.12. The zero-order valence-electron chi connectivity index (χ0n) is 26.0. The van der Waals surface area contributed by atoms with Gasteiger partial charge in [0.05, 0.1) is 53.7 Å². The van der Waals surface area contributed by atoms with Crippen molar-refractivity contribution in [2.45, 2.75) is 89.7 Å². The lowest BCUT2D eigenvalue weighted by Gasteiger charge is -2.38. The third-order valence-corrected chi connectivity index (χ3v) is 10.8. The van der Waals surface area contributed by atoms with Gasteiger partial charge in [0, 0.05) is 41.1 Å². The molecule has 236 valence electrons. The number of nitrogens with zero attached hydrogens (tertiary/aromatic N) is 2. The van der Waals surface area contributed by atoms with Crippen molar-refractivity contribution in [3.05, 3.63) is 64.0 Å². The van der Waals surface area contributed by atoms with Crippen LogP contribution in [0, 0.1) is 5.92 Å². The average molecular weight is 638 g/mol. The molecule has 3 fully saturated rings. The maximum Gasteiger partial charge on any atom is 0.257 e. The fourth-order valence-corrected chi connectivity index (χ4v) is 8.36. The number of halogens is 1. The molecule has 3 aromatic rings. The molecule has 0 unspecified atom stereocenters. The molecule has 0 bridgehead atoms. The van der Waals surface area contributed by atoms with Gasteiger partial charge in [-0.3, -0.25) is 14.5 Å². The van der Waals surface area contributed by atoms with E-state index >= 15 is 0 Å². The van der Waals surface area contributed by atoms with E-state index in [1.165, 1.54) is 12.8 Å². The Hall–Kier alpha value is -2.49. The molecule has 1 saturated carbocycles. The highest BCUT2D eigenvalue weighted by molar-refractivity contribution is 7.17. The molecule has 6 rings (SSSR count). The first-order valence-corrected chi connectivity index (χ1v) is 17.4. The van der Waals surface area contributed by atoms with Gasteiger partial charge in [-0.15, -0.1) is 11.3 Å². The summed E-state index contributed by atoms with van der Waals surface area (Å²) >= 11 is 8.19. The molecule has 0 radical (unpaired) electrons. The molecule has 1 aliphatic carbocycles. The summed E-state index contributed by atoms with van der Waals surface area (Å²) in [6.45, 7) is 9.63. The molecule has 2 aromatic carbocycles. The van der Waals surface area contributed by atoms with Gasteiger partial charge in [0.2, 0.25) is 5.91 Å². The van der Waals surface area contributed by atoms with Crippen LogP contribution in [0.5, 0.6) is 0 Å². The molecule has 1 aromatic heterocycles. The Morgan fingerprint density at radius 2 is 1.77 bits per heavy atom. The van der Waals surface area contributed by atoms with Gasteiger partial charge in [-0.05, 0) is 75.6 Å². The van der Waals surface area contributed by atoms with Crippen LogP contribution in [-0.2, 0) is 20.7 Å². The molecule has 2 aliphatic heterocycles. The number of thiophene rings is 1. The Labute approximate surface area is 269 Å².